The summed E-state index contributed by atoms with van der Waals surface area (Å²) in [7, 11) is 1.30. The molecule has 0 radical (unpaired) electrons. The summed E-state index contributed by atoms with van der Waals surface area (Å²) >= 11 is 0. The molecule has 1 aromatic carbocycles. The van der Waals surface area contributed by atoms with Gasteiger partial charge in [-0.05, 0) is 12.1 Å². The van der Waals surface area contributed by atoms with Gasteiger partial charge >= 0.3 is 5.97 Å². The maximum Gasteiger partial charge on any atom is 0.356 e. The zero-order valence-corrected chi connectivity index (χ0v) is 9.10. The molecule has 1 heterocycles. The second-order valence-corrected chi connectivity index (χ2v) is 3.33. The van der Waals surface area contributed by atoms with Gasteiger partial charge in [0.15, 0.2) is 0 Å². The van der Waals surface area contributed by atoms with Crippen LogP contribution in [0.1, 0.15) is 16.1 Å². The third-order valence-corrected chi connectivity index (χ3v) is 2.25. The minimum absolute atomic E-state index is 0.282. The summed E-state index contributed by atoms with van der Waals surface area (Å²) in [5, 5.41) is 8.79. The van der Waals surface area contributed by atoms with E-state index in [9.17, 15) is 4.79 Å². The Morgan fingerprint density at radius 3 is 3.06 bits per heavy atom. The smallest absolute Gasteiger partial charge is 0.356 e. The number of ether oxygens (including phenoxy) is 1. The molecule has 0 spiro atoms. The summed E-state index contributed by atoms with van der Waals surface area (Å²) in [6, 6.07) is 9.01. The van der Waals surface area contributed by atoms with Crippen LogP contribution in [0.5, 0.6) is 0 Å². The van der Waals surface area contributed by atoms with Gasteiger partial charge in [0, 0.05) is 5.56 Å². The Kier molecular flexibility index (Phi) is 2.88. The average molecular weight is 227 g/mol. The topological polar surface area (TPSA) is 78.8 Å². The first-order valence-corrected chi connectivity index (χ1v) is 4.88. The van der Waals surface area contributed by atoms with Crippen LogP contribution in [-0.4, -0.2) is 23.0 Å². The SMILES string of the molecule is COC(=O)c1cnc(-c2cccc(C#N)c2)[nH]1. The average Bonchev–Trinajstić information content (AvgIpc) is 2.87. The number of carbonyl (C=O) groups is 1. The van der Waals surface area contributed by atoms with Crippen molar-refractivity contribution >= 4 is 5.97 Å². The lowest BCUT2D eigenvalue weighted by Crippen LogP contribution is -2.00. The molecule has 17 heavy (non-hydrogen) atoms. The van der Waals surface area contributed by atoms with Crippen molar-refractivity contribution in [2.75, 3.05) is 7.11 Å². The Balaban J connectivity index is 2.37. The molecule has 0 bridgehead atoms. The van der Waals surface area contributed by atoms with E-state index in [4.69, 9.17) is 5.26 Å². The van der Waals surface area contributed by atoms with Crippen molar-refractivity contribution in [2.24, 2.45) is 0 Å². The Hall–Kier alpha value is -2.61. The number of methoxy groups -OCH3 is 1. The number of aromatic amines is 1. The fourth-order valence-electron chi connectivity index (χ4n) is 1.42. The fourth-order valence-corrected chi connectivity index (χ4v) is 1.42. The van der Waals surface area contributed by atoms with Crippen molar-refractivity contribution in [1.82, 2.24) is 9.97 Å². The first-order chi connectivity index (χ1) is 8.24. The molecule has 0 aliphatic rings. The molecule has 0 saturated carbocycles. The summed E-state index contributed by atoms with van der Waals surface area (Å²) in [5.41, 5.74) is 1.57. The fraction of sp³-hybridized carbons (Fsp3) is 0.0833. The largest absolute Gasteiger partial charge is 0.464 e. The van der Waals surface area contributed by atoms with Gasteiger partial charge in [0.05, 0.1) is 24.9 Å². The number of H-pyrrole nitrogens is 1. The van der Waals surface area contributed by atoms with E-state index in [1.165, 1.54) is 13.3 Å². The van der Waals surface area contributed by atoms with Crippen molar-refractivity contribution in [3.05, 3.63) is 41.7 Å². The van der Waals surface area contributed by atoms with Crippen LogP contribution in [0.3, 0.4) is 0 Å². The molecule has 2 rings (SSSR count). The Morgan fingerprint density at radius 1 is 1.53 bits per heavy atom. The molecule has 5 nitrogen and oxygen atoms in total. The number of imidazole rings is 1. The van der Waals surface area contributed by atoms with Gasteiger partial charge in [0.25, 0.3) is 0 Å². The van der Waals surface area contributed by atoms with Gasteiger partial charge in [0.2, 0.25) is 0 Å². The molecule has 1 aromatic heterocycles. The minimum Gasteiger partial charge on any atom is -0.464 e. The Labute approximate surface area is 97.7 Å². The van der Waals surface area contributed by atoms with E-state index in [0.29, 0.717) is 11.4 Å². The molecule has 0 aliphatic carbocycles. The first-order valence-electron chi connectivity index (χ1n) is 4.88. The summed E-state index contributed by atoms with van der Waals surface area (Å²) in [4.78, 5) is 18.1. The highest BCUT2D eigenvalue weighted by Crippen LogP contribution is 2.17. The van der Waals surface area contributed by atoms with Gasteiger partial charge in [-0.3, -0.25) is 0 Å². The predicted octanol–water partition coefficient (Wildman–Crippen LogP) is 1.73. The van der Waals surface area contributed by atoms with Gasteiger partial charge in [-0.25, -0.2) is 9.78 Å². The number of hydrogen-bond acceptors (Lipinski definition) is 4. The lowest BCUT2D eigenvalue weighted by Gasteiger charge is -1.97. The van der Waals surface area contributed by atoms with Crippen LogP contribution in [0.4, 0.5) is 0 Å². The van der Waals surface area contributed by atoms with Crippen LogP contribution in [0.25, 0.3) is 11.4 Å². The van der Waals surface area contributed by atoms with E-state index < -0.39 is 5.97 Å². The molecule has 0 fully saturated rings. The molecular weight excluding hydrogens is 218 g/mol. The second kappa shape index (κ2) is 4.49. The van der Waals surface area contributed by atoms with Crippen molar-refractivity contribution in [3.63, 3.8) is 0 Å². The molecule has 0 amide bonds. The number of aromatic nitrogens is 2. The molecule has 84 valence electrons. The highest BCUT2D eigenvalue weighted by atomic mass is 16.5. The summed E-state index contributed by atoms with van der Waals surface area (Å²) < 4.78 is 4.57. The van der Waals surface area contributed by atoms with Crippen LogP contribution in [-0.2, 0) is 4.74 Å². The maximum atomic E-state index is 11.2. The quantitative estimate of drug-likeness (QED) is 0.792. The van der Waals surface area contributed by atoms with Crippen molar-refractivity contribution in [3.8, 4) is 17.5 Å². The van der Waals surface area contributed by atoms with Crippen LogP contribution in [0.15, 0.2) is 30.5 Å². The number of rotatable bonds is 2. The van der Waals surface area contributed by atoms with E-state index in [-0.39, 0.29) is 5.69 Å². The van der Waals surface area contributed by atoms with E-state index in [2.05, 4.69) is 14.7 Å². The van der Waals surface area contributed by atoms with Gasteiger partial charge in [-0.1, -0.05) is 12.1 Å². The Bertz CT molecular complexity index is 596. The standard InChI is InChI=1S/C12H9N3O2/c1-17-12(16)10-7-14-11(15-10)9-4-2-3-8(5-9)6-13/h2-5,7H,1H3,(H,14,15). The number of carbonyl (C=O) groups excluding carboxylic acids is 1. The van der Waals surface area contributed by atoms with Gasteiger partial charge in [0.1, 0.15) is 11.5 Å². The lowest BCUT2D eigenvalue weighted by atomic mass is 10.1. The lowest BCUT2D eigenvalue weighted by molar-refractivity contribution is 0.0595. The van der Waals surface area contributed by atoms with E-state index in [1.54, 1.807) is 24.3 Å². The number of hydrogen-bond donors (Lipinski definition) is 1. The zero-order chi connectivity index (χ0) is 12.3. The molecule has 0 aliphatic heterocycles. The van der Waals surface area contributed by atoms with Crippen molar-refractivity contribution in [1.29, 1.82) is 5.26 Å². The predicted molar refractivity (Wildman–Crippen MR) is 60.1 cm³/mol. The highest BCUT2D eigenvalue weighted by molar-refractivity contribution is 5.87. The third-order valence-electron chi connectivity index (χ3n) is 2.25. The third kappa shape index (κ3) is 2.16. The minimum atomic E-state index is -0.472. The first kappa shape index (κ1) is 10.9. The Morgan fingerprint density at radius 2 is 2.35 bits per heavy atom. The van der Waals surface area contributed by atoms with Crippen LogP contribution in [0.2, 0.25) is 0 Å². The molecule has 1 N–H and O–H groups in total. The highest BCUT2D eigenvalue weighted by Gasteiger charge is 2.10. The van der Waals surface area contributed by atoms with E-state index in [1.807, 2.05) is 6.07 Å². The maximum absolute atomic E-state index is 11.2. The van der Waals surface area contributed by atoms with Crippen molar-refractivity contribution < 1.29 is 9.53 Å². The summed E-state index contributed by atoms with van der Waals surface area (Å²) in [6.07, 6.45) is 1.40. The molecule has 2 aromatic rings. The number of benzene rings is 1. The summed E-state index contributed by atoms with van der Waals surface area (Å²) in [6.45, 7) is 0. The second-order valence-electron chi connectivity index (χ2n) is 3.33. The molecular formula is C12H9N3O2. The molecule has 0 atom stereocenters. The number of esters is 1. The van der Waals surface area contributed by atoms with Gasteiger partial charge in [-0.15, -0.1) is 0 Å². The molecule has 5 heteroatoms. The monoisotopic (exact) mass is 227 g/mol. The molecule has 0 unspecified atom stereocenters. The van der Waals surface area contributed by atoms with Gasteiger partial charge < -0.3 is 9.72 Å². The zero-order valence-electron chi connectivity index (χ0n) is 9.10. The van der Waals surface area contributed by atoms with Gasteiger partial charge in [-0.2, -0.15) is 5.26 Å². The number of nitriles is 1. The van der Waals surface area contributed by atoms with Crippen LogP contribution < -0.4 is 0 Å². The van der Waals surface area contributed by atoms with Crippen molar-refractivity contribution in [2.45, 2.75) is 0 Å². The number of nitrogens with zero attached hydrogens (tertiary/aromatic N) is 2. The van der Waals surface area contributed by atoms with Crippen LogP contribution in [0, 0.1) is 11.3 Å². The molecule has 0 saturated heterocycles. The van der Waals surface area contributed by atoms with Crippen LogP contribution >= 0.6 is 0 Å². The van der Waals surface area contributed by atoms with E-state index in [0.717, 1.165) is 5.56 Å². The number of nitrogens with one attached hydrogen (secondary N) is 1. The summed E-state index contributed by atoms with van der Waals surface area (Å²) in [5.74, 6) is 0.0580. The normalized spacial score (nSPS) is 9.65. The van der Waals surface area contributed by atoms with E-state index >= 15 is 0 Å².